The summed E-state index contributed by atoms with van der Waals surface area (Å²) in [5.74, 6) is 0.739. The van der Waals surface area contributed by atoms with Crippen LogP contribution in [-0.2, 0) is 16.0 Å². The van der Waals surface area contributed by atoms with E-state index in [-0.39, 0.29) is 18.2 Å². The van der Waals surface area contributed by atoms with Crippen molar-refractivity contribution in [1.82, 2.24) is 15.4 Å². The van der Waals surface area contributed by atoms with E-state index in [9.17, 15) is 9.59 Å². The molecule has 6 heteroatoms. The fourth-order valence-electron chi connectivity index (χ4n) is 4.14. The number of nitrogens with one attached hydrogen (secondary N) is 1. The Labute approximate surface area is 176 Å². The Balaban J connectivity index is 1.29. The highest BCUT2D eigenvalue weighted by atomic mass is 16.5. The summed E-state index contributed by atoms with van der Waals surface area (Å²) >= 11 is 0. The van der Waals surface area contributed by atoms with E-state index in [0.717, 1.165) is 24.1 Å². The van der Waals surface area contributed by atoms with Crippen LogP contribution < -0.4 is 5.32 Å². The maximum atomic E-state index is 12.8. The molecular formula is C24H27N3O3. The van der Waals surface area contributed by atoms with Crippen molar-refractivity contribution in [2.75, 3.05) is 13.1 Å². The number of rotatable bonds is 6. The molecule has 4 rings (SSSR count). The Morgan fingerprint density at radius 1 is 1.27 bits per heavy atom. The molecule has 0 spiro atoms. The normalized spacial score (nSPS) is 20.8. The molecule has 2 heterocycles. The van der Waals surface area contributed by atoms with Crippen LogP contribution in [0.25, 0.3) is 0 Å². The molecule has 2 amide bonds. The van der Waals surface area contributed by atoms with Crippen molar-refractivity contribution >= 4 is 11.8 Å². The first-order valence-electron chi connectivity index (χ1n) is 10.5. The van der Waals surface area contributed by atoms with E-state index in [1.165, 1.54) is 5.56 Å². The van der Waals surface area contributed by atoms with Crippen LogP contribution in [0.5, 0.6) is 0 Å². The van der Waals surface area contributed by atoms with Crippen LogP contribution in [0.3, 0.4) is 0 Å². The smallest absolute Gasteiger partial charge is 0.243 e. The molecule has 2 aromatic rings. The number of carbonyl (C=O) groups is 2. The lowest BCUT2D eigenvalue weighted by Gasteiger charge is -2.24. The summed E-state index contributed by atoms with van der Waals surface area (Å²) in [6.07, 6.45) is 9.06. The molecule has 1 N–H and O–H groups in total. The maximum Gasteiger partial charge on any atom is 0.243 e. The van der Waals surface area contributed by atoms with Gasteiger partial charge in [0.05, 0.1) is 12.1 Å². The largest absolute Gasteiger partial charge is 0.361 e. The molecule has 156 valence electrons. The second kappa shape index (κ2) is 9.11. The van der Waals surface area contributed by atoms with Crippen LogP contribution in [0.2, 0.25) is 0 Å². The van der Waals surface area contributed by atoms with Gasteiger partial charge >= 0.3 is 0 Å². The third-order valence-electron chi connectivity index (χ3n) is 5.75. The molecule has 0 saturated carbocycles. The molecule has 1 aliphatic heterocycles. The summed E-state index contributed by atoms with van der Waals surface area (Å²) < 4.78 is 5.14. The minimum Gasteiger partial charge on any atom is -0.361 e. The van der Waals surface area contributed by atoms with E-state index < -0.39 is 6.04 Å². The topological polar surface area (TPSA) is 75.4 Å². The van der Waals surface area contributed by atoms with Crippen molar-refractivity contribution in [3.63, 3.8) is 0 Å². The van der Waals surface area contributed by atoms with Crippen LogP contribution in [0.15, 0.2) is 64.7 Å². The molecule has 1 saturated heterocycles. The van der Waals surface area contributed by atoms with Gasteiger partial charge in [0, 0.05) is 25.1 Å². The van der Waals surface area contributed by atoms with Crippen LogP contribution in [0, 0.1) is 6.92 Å². The average Bonchev–Trinajstić information content (AvgIpc) is 3.42. The van der Waals surface area contributed by atoms with Crippen molar-refractivity contribution in [3.8, 4) is 0 Å². The highest BCUT2D eigenvalue weighted by molar-refractivity contribution is 5.89. The van der Waals surface area contributed by atoms with Crippen molar-refractivity contribution in [2.24, 2.45) is 0 Å². The van der Waals surface area contributed by atoms with Gasteiger partial charge in [-0.15, -0.1) is 0 Å². The fourth-order valence-corrected chi connectivity index (χ4v) is 4.14. The molecule has 2 aliphatic rings. The Kier molecular flexibility index (Phi) is 6.12. The van der Waals surface area contributed by atoms with Crippen LogP contribution in [0.4, 0.5) is 0 Å². The highest BCUT2D eigenvalue weighted by Crippen LogP contribution is 2.26. The van der Waals surface area contributed by atoms with Crippen molar-refractivity contribution in [1.29, 1.82) is 0 Å². The van der Waals surface area contributed by atoms with Gasteiger partial charge in [-0.1, -0.05) is 53.7 Å². The maximum absolute atomic E-state index is 12.8. The van der Waals surface area contributed by atoms with Gasteiger partial charge in [0.1, 0.15) is 11.8 Å². The average molecular weight is 405 g/mol. The number of likely N-dealkylation sites (tertiary alicyclic amines) is 1. The number of hydrogen-bond acceptors (Lipinski definition) is 4. The van der Waals surface area contributed by atoms with Gasteiger partial charge in [-0.05, 0) is 37.3 Å². The third kappa shape index (κ3) is 4.70. The Morgan fingerprint density at radius 3 is 2.80 bits per heavy atom. The number of carbonyl (C=O) groups excluding carboxylic acids is 2. The van der Waals surface area contributed by atoms with Gasteiger partial charge in [0.25, 0.3) is 0 Å². The first-order valence-corrected chi connectivity index (χ1v) is 10.5. The van der Waals surface area contributed by atoms with E-state index in [2.05, 4.69) is 53.0 Å². The summed E-state index contributed by atoms with van der Waals surface area (Å²) in [7, 11) is 0. The van der Waals surface area contributed by atoms with E-state index >= 15 is 0 Å². The molecule has 1 aromatic heterocycles. The second-order valence-electron chi connectivity index (χ2n) is 7.97. The van der Waals surface area contributed by atoms with Crippen LogP contribution in [0.1, 0.15) is 42.2 Å². The fraction of sp³-hybridized carbons (Fsp3) is 0.375. The Hall–Kier alpha value is -3.15. The van der Waals surface area contributed by atoms with Gasteiger partial charge in [0.15, 0.2) is 0 Å². The summed E-state index contributed by atoms with van der Waals surface area (Å²) in [5.41, 5.74) is 3.15. The number of amides is 2. The molecule has 0 bridgehead atoms. The molecule has 6 nitrogen and oxygen atoms in total. The lowest BCUT2D eigenvalue weighted by atomic mass is 9.90. The second-order valence-corrected chi connectivity index (χ2v) is 7.97. The van der Waals surface area contributed by atoms with Crippen LogP contribution in [-0.4, -0.2) is 41.0 Å². The zero-order chi connectivity index (χ0) is 20.9. The molecule has 1 unspecified atom stereocenters. The number of nitrogens with zero attached hydrogens (tertiary/aromatic N) is 2. The zero-order valence-corrected chi connectivity index (χ0v) is 17.2. The lowest BCUT2D eigenvalue weighted by Crippen LogP contribution is -2.46. The van der Waals surface area contributed by atoms with E-state index in [0.29, 0.717) is 31.2 Å². The van der Waals surface area contributed by atoms with Gasteiger partial charge in [-0.2, -0.15) is 0 Å². The van der Waals surface area contributed by atoms with Gasteiger partial charge in [-0.25, -0.2) is 0 Å². The number of allylic oxidation sites excluding steroid dienone is 2. The molecule has 1 aromatic carbocycles. The Bertz CT molecular complexity index is 961. The molecular weight excluding hydrogens is 378 g/mol. The minimum absolute atomic E-state index is 0.0888. The van der Waals surface area contributed by atoms with Crippen molar-refractivity contribution in [3.05, 3.63) is 77.2 Å². The predicted octanol–water partition coefficient (Wildman–Crippen LogP) is 3.30. The molecule has 2 atom stereocenters. The number of aryl methyl sites for hydroxylation is 1. The van der Waals surface area contributed by atoms with Gasteiger partial charge < -0.3 is 14.7 Å². The quantitative estimate of drug-likeness (QED) is 0.800. The van der Waals surface area contributed by atoms with Gasteiger partial charge in [-0.3, -0.25) is 9.59 Å². The van der Waals surface area contributed by atoms with Gasteiger partial charge in [0.2, 0.25) is 11.8 Å². The van der Waals surface area contributed by atoms with Crippen molar-refractivity contribution < 1.29 is 14.1 Å². The van der Waals surface area contributed by atoms with E-state index in [1.54, 1.807) is 11.0 Å². The zero-order valence-electron chi connectivity index (χ0n) is 17.2. The number of hydrogen-bond donors (Lipinski definition) is 1. The number of aromatic nitrogens is 1. The number of benzene rings is 1. The molecule has 0 radical (unpaired) electrons. The minimum atomic E-state index is -0.410. The van der Waals surface area contributed by atoms with E-state index in [4.69, 9.17) is 4.52 Å². The standard InChI is InChI=1S/C24H27N3O3/c1-17-14-21(30-26-17)15-23(28)27-13-5-8-22(27)24(29)25-16-18-9-11-20(12-10-18)19-6-3-2-4-7-19/h2-4,6-7,9-11,14,20,22H,5,8,12-13,15-16H2,1H3,(H,25,29)/t20?,22-/m0/s1. The monoisotopic (exact) mass is 405 g/mol. The molecule has 1 aliphatic carbocycles. The first-order chi connectivity index (χ1) is 14.6. The molecule has 1 fully saturated rings. The summed E-state index contributed by atoms with van der Waals surface area (Å²) in [6, 6.07) is 11.8. The highest BCUT2D eigenvalue weighted by Gasteiger charge is 2.34. The Morgan fingerprint density at radius 2 is 2.10 bits per heavy atom. The summed E-state index contributed by atoms with van der Waals surface area (Å²) in [4.78, 5) is 27.1. The SMILES string of the molecule is Cc1cc(CC(=O)N2CCC[C@H]2C(=O)NCC2=CCC(c3ccccc3)C=C2)on1. The van der Waals surface area contributed by atoms with Crippen molar-refractivity contribution in [2.45, 2.75) is 44.6 Å². The lowest BCUT2D eigenvalue weighted by molar-refractivity contribution is -0.138. The van der Waals surface area contributed by atoms with E-state index in [1.807, 2.05) is 13.0 Å². The summed E-state index contributed by atoms with van der Waals surface area (Å²) in [6.45, 7) is 2.90. The third-order valence-corrected chi connectivity index (χ3v) is 5.75. The summed E-state index contributed by atoms with van der Waals surface area (Å²) in [5, 5.41) is 6.83. The predicted molar refractivity (Wildman–Crippen MR) is 114 cm³/mol. The first kappa shape index (κ1) is 20.1. The van der Waals surface area contributed by atoms with Crippen LogP contribution >= 0.6 is 0 Å². The molecule has 30 heavy (non-hydrogen) atoms.